The second kappa shape index (κ2) is 12.3. The van der Waals surface area contributed by atoms with E-state index >= 15 is 0 Å². The fourth-order valence-electron chi connectivity index (χ4n) is 2.87. The zero-order chi connectivity index (χ0) is 21.4. The first-order chi connectivity index (χ1) is 14.5. The second-order valence-electron chi connectivity index (χ2n) is 7.28. The van der Waals surface area contributed by atoms with E-state index < -0.39 is 5.54 Å². The third kappa shape index (κ3) is 7.72. The molecule has 0 saturated carbocycles. The molecule has 0 spiro atoms. The van der Waals surface area contributed by atoms with Crippen LogP contribution in [0.4, 0.5) is 0 Å². The van der Waals surface area contributed by atoms with Crippen LogP contribution in [-0.4, -0.2) is 29.0 Å². The summed E-state index contributed by atoms with van der Waals surface area (Å²) in [6, 6.07) is 24.0. The molecule has 3 aromatic carbocycles. The molecule has 3 aromatic rings. The molecule has 0 bridgehead atoms. The fraction of sp³-hybridized carbons (Fsp3) is 0.250. The lowest BCUT2D eigenvalue weighted by Crippen LogP contribution is -2.47. The third-order valence-electron chi connectivity index (χ3n) is 4.85. The highest BCUT2D eigenvalue weighted by Crippen LogP contribution is 2.32. The van der Waals surface area contributed by atoms with E-state index in [1.807, 2.05) is 72.8 Å². The largest absolute Gasteiger partial charge is 0.489 e. The quantitative estimate of drug-likeness (QED) is 0.376. The van der Waals surface area contributed by atoms with Crippen LogP contribution < -0.4 is 10.5 Å². The van der Waals surface area contributed by atoms with Gasteiger partial charge >= 0.3 is 0 Å². The number of nitrogens with two attached hydrogens (primary N) is 1. The van der Waals surface area contributed by atoms with E-state index in [1.54, 1.807) is 11.8 Å². The van der Waals surface area contributed by atoms with Crippen molar-refractivity contribution in [2.45, 2.75) is 34.8 Å². The number of aliphatic hydroxyl groups is 2. The molecule has 4 nitrogen and oxygen atoms in total. The Hall–Kier alpha value is -1.73. The Kier molecular flexibility index (Phi) is 10.2. The Labute approximate surface area is 198 Å². The Morgan fingerprint density at radius 3 is 2.16 bits per heavy atom. The molecule has 0 aliphatic heterocycles. The average molecular weight is 480 g/mol. The number of benzene rings is 3. The van der Waals surface area contributed by atoms with Crippen LogP contribution in [0.3, 0.4) is 0 Å². The van der Waals surface area contributed by atoms with Crippen molar-refractivity contribution in [1.29, 1.82) is 0 Å². The summed E-state index contributed by atoms with van der Waals surface area (Å²) in [4.78, 5) is 2.12. The topological polar surface area (TPSA) is 75.7 Å². The van der Waals surface area contributed by atoms with Gasteiger partial charge < -0.3 is 20.7 Å². The SMILES string of the molecule is Cl.NC(CO)(CO)CCc1ccc(Sc2ccc(OCc3ccccc3)cc2)cc1Cl. The van der Waals surface area contributed by atoms with Gasteiger partial charge in [0.2, 0.25) is 0 Å². The molecule has 0 aliphatic rings. The molecular weight excluding hydrogens is 453 g/mol. The molecule has 166 valence electrons. The molecular formula is C24H27Cl2NO3S. The molecule has 3 rings (SSSR count). The zero-order valence-electron chi connectivity index (χ0n) is 17.0. The Bertz CT molecular complexity index is 935. The number of hydrogen-bond donors (Lipinski definition) is 3. The summed E-state index contributed by atoms with van der Waals surface area (Å²) in [7, 11) is 0. The van der Waals surface area contributed by atoms with Crippen LogP contribution in [0.15, 0.2) is 82.6 Å². The van der Waals surface area contributed by atoms with Gasteiger partial charge in [-0.15, -0.1) is 12.4 Å². The van der Waals surface area contributed by atoms with E-state index in [-0.39, 0.29) is 25.6 Å². The summed E-state index contributed by atoms with van der Waals surface area (Å²) in [6.07, 6.45) is 1.05. The maximum atomic E-state index is 9.32. The van der Waals surface area contributed by atoms with Gasteiger partial charge in [-0.2, -0.15) is 0 Å². The van der Waals surface area contributed by atoms with Gasteiger partial charge in [-0.05, 0) is 60.4 Å². The number of halogens is 2. The Morgan fingerprint density at radius 1 is 0.903 bits per heavy atom. The summed E-state index contributed by atoms with van der Waals surface area (Å²) in [6.45, 7) is 0.0152. The first kappa shape index (κ1) is 25.5. The minimum atomic E-state index is -0.985. The molecule has 0 heterocycles. The van der Waals surface area contributed by atoms with Crippen LogP contribution in [0.25, 0.3) is 0 Å². The molecule has 0 saturated heterocycles. The summed E-state index contributed by atoms with van der Waals surface area (Å²) in [5.74, 6) is 0.828. The lowest BCUT2D eigenvalue weighted by molar-refractivity contribution is 0.115. The first-order valence-electron chi connectivity index (χ1n) is 9.75. The van der Waals surface area contributed by atoms with Crippen LogP contribution >= 0.6 is 35.8 Å². The highest BCUT2D eigenvalue weighted by molar-refractivity contribution is 7.99. The fourth-order valence-corrected chi connectivity index (χ4v) is 4.06. The molecule has 7 heteroatoms. The minimum absolute atomic E-state index is 0. The van der Waals surface area contributed by atoms with Crippen molar-refractivity contribution in [2.75, 3.05) is 13.2 Å². The predicted octanol–water partition coefficient (Wildman–Crippen LogP) is 5.11. The van der Waals surface area contributed by atoms with Crippen molar-refractivity contribution < 1.29 is 14.9 Å². The molecule has 0 unspecified atom stereocenters. The van der Waals surface area contributed by atoms with E-state index in [0.717, 1.165) is 26.7 Å². The molecule has 0 atom stereocenters. The van der Waals surface area contributed by atoms with E-state index in [4.69, 9.17) is 22.1 Å². The third-order valence-corrected chi connectivity index (χ3v) is 6.20. The van der Waals surface area contributed by atoms with Crippen LogP contribution in [-0.2, 0) is 13.0 Å². The number of ether oxygens (including phenoxy) is 1. The zero-order valence-corrected chi connectivity index (χ0v) is 19.4. The number of hydrogen-bond acceptors (Lipinski definition) is 5. The molecule has 0 fully saturated rings. The molecule has 4 N–H and O–H groups in total. The predicted molar refractivity (Wildman–Crippen MR) is 129 cm³/mol. The number of aryl methyl sites for hydroxylation is 1. The van der Waals surface area contributed by atoms with Gasteiger partial charge in [0.15, 0.2) is 0 Å². The van der Waals surface area contributed by atoms with Crippen LogP contribution in [0.5, 0.6) is 5.75 Å². The van der Waals surface area contributed by atoms with Crippen LogP contribution in [0.2, 0.25) is 5.02 Å². The summed E-state index contributed by atoms with van der Waals surface area (Å²) >= 11 is 8.06. The highest BCUT2D eigenvalue weighted by Gasteiger charge is 2.23. The molecule has 31 heavy (non-hydrogen) atoms. The van der Waals surface area contributed by atoms with Gasteiger partial charge in [0.05, 0.1) is 18.8 Å². The van der Waals surface area contributed by atoms with Gasteiger partial charge in [-0.25, -0.2) is 0 Å². The van der Waals surface area contributed by atoms with Crippen molar-refractivity contribution in [1.82, 2.24) is 0 Å². The maximum Gasteiger partial charge on any atom is 0.119 e. The second-order valence-corrected chi connectivity index (χ2v) is 8.83. The van der Waals surface area contributed by atoms with Crippen molar-refractivity contribution >= 4 is 35.8 Å². The van der Waals surface area contributed by atoms with Crippen LogP contribution in [0, 0.1) is 0 Å². The Balaban J connectivity index is 0.00000341. The lowest BCUT2D eigenvalue weighted by atomic mass is 9.94. The monoisotopic (exact) mass is 479 g/mol. The molecule has 0 amide bonds. The molecule has 0 aliphatic carbocycles. The summed E-state index contributed by atoms with van der Waals surface area (Å²) < 4.78 is 5.83. The van der Waals surface area contributed by atoms with Crippen molar-refractivity contribution in [3.63, 3.8) is 0 Å². The normalized spacial score (nSPS) is 11.1. The highest BCUT2D eigenvalue weighted by atomic mass is 35.5. The standard InChI is InChI=1S/C24H26ClNO3S.ClH/c25-23-14-22(9-6-19(23)12-13-24(26,16-27)17-28)30-21-10-7-20(8-11-21)29-15-18-4-2-1-3-5-18;/h1-11,14,27-28H,12-13,15-17,26H2;1H. The van der Waals surface area contributed by atoms with Gasteiger partial charge in [-0.3, -0.25) is 0 Å². The summed E-state index contributed by atoms with van der Waals surface area (Å²) in [5.41, 5.74) is 7.03. The van der Waals surface area contributed by atoms with Gasteiger partial charge in [-0.1, -0.05) is 59.8 Å². The van der Waals surface area contributed by atoms with E-state index in [0.29, 0.717) is 24.5 Å². The molecule has 0 radical (unpaired) electrons. The molecule has 0 aromatic heterocycles. The van der Waals surface area contributed by atoms with Crippen LogP contribution in [0.1, 0.15) is 17.5 Å². The average Bonchev–Trinajstić information content (AvgIpc) is 2.78. The van der Waals surface area contributed by atoms with Gasteiger partial charge in [0.25, 0.3) is 0 Å². The van der Waals surface area contributed by atoms with Crippen molar-refractivity contribution in [3.05, 3.63) is 88.9 Å². The smallest absolute Gasteiger partial charge is 0.119 e. The van der Waals surface area contributed by atoms with E-state index in [9.17, 15) is 10.2 Å². The first-order valence-corrected chi connectivity index (χ1v) is 10.9. The van der Waals surface area contributed by atoms with Crippen molar-refractivity contribution in [3.8, 4) is 5.75 Å². The van der Waals surface area contributed by atoms with E-state index in [2.05, 4.69) is 0 Å². The number of aliphatic hydroxyl groups excluding tert-OH is 2. The lowest BCUT2D eigenvalue weighted by Gasteiger charge is -2.24. The Morgan fingerprint density at radius 2 is 1.55 bits per heavy atom. The number of rotatable bonds is 10. The summed E-state index contributed by atoms with van der Waals surface area (Å²) in [5, 5.41) is 19.3. The minimum Gasteiger partial charge on any atom is -0.489 e. The van der Waals surface area contributed by atoms with Crippen molar-refractivity contribution in [2.24, 2.45) is 5.73 Å². The van der Waals surface area contributed by atoms with Gasteiger partial charge in [0.1, 0.15) is 12.4 Å². The maximum absolute atomic E-state index is 9.32. The van der Waals surface area contributed by atoms with Gasteiger partial charge in [0, 0.05) is 14.8 Å². The van der Waals surface area contributed by atoms with E-state index in [1.165, 1.54) is 0 Å².